The number of halogens is 1. The topological polar surface area (TPSA) is 102 Å². The normalized spacial score (nSPS) is 13.2. The summed E-state index contributed by atoms with van der Waals surface area (Å²) < 4.78 is 50.3. The van der Waals surface area contributed by atoms with E-state index < -0.39 is 26.5 Å². The summed E-state index contributed by atoms with van der Waals surface area (Å²) in [7, 11) is -0.731. The highest BCUT2D eigenvalue weighted by Gasteiger charge is 2.27. The third-order valence-corrected chi connectivity index (χ3v) is 7.64. The lowest BCUT2D eigenvalue weighted by Crippen LogP contribution is -2.33. The molecule has 0 bridgehead atoms. The van der Waals surface area contributed by atoms with Gasteiger partial charge in [-0.15, -0.1) is 0 Å². The number of methoxy groups -OCH3 is 1. The van der Waals surface area contributed by atoms with Gasteiger partial charge in [0, 0.05) is 36.5 Å². The summed E-state index contributed by atoms with van der Waals surface area (Å²) in [4.78, 5) is 26.8. The number of rotatable bonds is 6. The molecule has 3 aromatic carbocycles. The Balaban J connectivity index is 1.68. The van der Waals surface area contributed by atoms with E-state index in [1.807, 2.05) is 24.3 Å². The molecule has 8 nitrogen and oxygen atoms in total. The molecule has 0 atom stereocenters. The van der Waals surface area contributed by atoms with Crippen LogP contribution in [0.25, 0.3) is 11.1 Å². The second kappa shape index (κ2) is 10.8. The van der Waals surface area contributed by atoms with Gasteiger partial charge in [-0.05, 0) is 53.9 Å². The van der Waals surface area contributed by atoms with Crippen LogP contribution in [0, 0.1) is 5.82 Å². The molecule has 200 valence electrons. The SMILES string of the molecule is CCc1c(C(=O)N2CCOc3ccc(-c4ccc(C(=O)NC)c(OC)c4)cc3C2)ccc(S(C)(=O)=O)c1F. The van der Waals surface area contributed by atoms with Gasteiger partial charge in [-0.1, -0.05) is 19.1 Å². The zero-order valence-corrected chi connectivity index (χ0v) is 22.4. The van der Waals surface area contributed by atoms with Gasteiger partial charge in [0.2, 0.25) is 0 Å². The van der Waals surface area contributed by atoms with E-state index in [1.54, 1.807) is 31.0 Å². The molecule has 0 unspecified atom stereocenters. The minimum absolute atomic E-state index is 0.0698. The molecule has 0 radical (unpaired) electrons. The maximum absolute atomic E-state index is 15.1. The fraction of sp³-hybridized carbons (Fsp3) is 0.286. The van der Waals surface area contributed by atoms with Crippen LogP contribution >= 0.6 is 0 Å². The van der Waals surface area contributed by atoms with Crippen molar-refractivity contribution in [3.05, 3.63) is 76.6 Å². The summed E-state index contributed by atoms with van der Waals surface area (Å²) in [6.45, 7) is 2.42. The molecule has 0 saturated carbocycles. The van der Waals surface area contributed by atoms with Crippen molar-refractivity contribution >= 4 is 21.7 Å². The molecule has 10 heteroatoms. The molecular formula is C28H29FN2O6S. The van der Waals surface area contributed by atoms with Crippen molar-refractivity contribution in [2.24, 2.45) is 0 Å². The number of sulfone groups is 1. The van der Waals surface area contributed by atoms with E-state index in [0.29, 0.717) is 17.1 Å². The fourth-order valence-corrected chi connectivity index (χ4v) is 5.31. The molecule has 1 aliphatic heterocycles. The number of hydrogen-bond donors (Lipinski definition) is 1. The molecule has 0 saturated heterocycles. The number of carbonyl (C=O) groups excluding carboxylic acids is 2. The van der Waals surface area contributed by atoms with Gasteiger partial charge < -0.3 is 19.7 Å². The largest absolute Gasteiger partial charge is 0.496 e. The average molecular weight is 541 g/mol. The molecule has 38 heavy (non-hydrogen) atoms. The first-order valence-corrected chi connectivity index (χ1v) is 13.9. The van der Waals surface area contributed by atoms with Crippen LogP contribution in [0.2, 0.25) is 0 Å². The average Bonchev–Trinajstić information content (AvgIpc) is 3.12. The molecule has 1 N–H and O–H groups in total. The number of ether oxygens (including phenoxy) is 2. The van der Waals surface area contributed by atoms with E-state index in [1.165, 1.54) is 13.2 Å². The predicted octanol–water partition coefficient (Wildman–Crippen LogP) is 3.86. The van der Waals surface area contributed by atoms with Gasteiger partial charge >= 0.3 is 0 Å². The van der Waals surface area contributed by atoms with Gasteiger partial charge in [-0.25, -0.2) is 12.8 Å². The van der Waals surface area contributed by atoms with Crippen LogP contribution < -0.4 is 14.8 Å². The second-order valence-corrected chi connectivity index (χ2v) is 10.9. The zero-order valence-electron chi connectivity index (χ0n) is 21.6. The molecule has 1 heterocycles. The van der Waals surface area contributed by atoms with Crippen LogP contribution in [0.15, 0.2) is 53.4 Å². The zero-order chi connectivity index (χ0) is 27.6. The summed E-state index contributed by atoms with van der Waals surface area (Å²) in [5.74, 6) is -0.489. The number of fused-ring (bicyclic) bond motifs is 1. The Hall–Kier alpha value is -3.92. The van der Waals surface area contributed by atoms with E-state index in [9.17, 15) is 18.0 Å². The van der Waals surface area contributed by atoms with Crippen LogP contribution in [0.5, 0.6) is 11.5 Å². The van der Waals surface area contributed by atoms with Gasteiger partial charge in [-0.3, -0.25) is 9.59 Å². The summed E-state index contributed by atoms with van der Waals surface area (Å²) in [6, 6.07) is 13.4. The third kappa shape index (κ3) is 5.22. The van der Waals surface area contributed by atoms with Crippen molar-refractivity contribution in [1.82, 2.24) is 10.2 Å². The van der Waals surface area contributed by atoms with E-state index in [2.05, 4.69) is 5.32 Å². The highest BCUT2D eigenvalue weighted by Crippen LogP contribution is 2.33. The molecule has 2 amide bonds. The standard InChI is InChI=1S/C28H29FN2O6S/c1-5-20-21(9-11-25(26(20)29)38(4,34)35)28(33)31-12-13-37-23-10-7-17(14-19(23)16-31)18-6-8-22(27(32)30-2)24(15-18)36-3/h6-11,14-15H,5,12-13,16H2,1-4H3,(H,30,32). The first-order chi connectivity index (χ1) is 18.1. The van der Waals surface area contributed by atoms with Crippen LogP contribution in [0.3, 0.4) is 0 Å². The predicted molar refractivity (Wildman–Crippen MR) is 141 cm³/mol. The van der Waals surface area contributed by atoms with Crippen molar-refractivity contribution in [2.75, 3.05) is 33.6 Å². The summed E-state index contributed by atoms with van der Waals surface area (Å²) in [5.41, 5.74) is 3.02. The van der Waals surface area contributed by atoms with Gasteiger partial charge in [-0.2, -0.15) is 0 Å². The smallest absolute Gasteiger partial charge is 0.254 e. The molecule has 3 aromatic rings. The first kappa shape index (κ1) is 27.1. The number of hydrogen-bond acceptors (Lipinski definition) is 6. The highest BCUT2D eigenvalue weighted by atomic mass is 32.2. The summed E-state index contributed by atoms with van der Waals surface area (Å²) in [6.07, 6.45) is 1.10. The van der Waals surface area contributed by atoms with Crippen molar-refractivity contribution in [3.8, 4) is 22.6 Å². The number of benzene rings is 3. The number of nitrogens with one attached hydrogen (secondary N) is 1. The Morgan fingerprint density at radius 2 is 1.76 bits per heavy atom. The molecule has 0 spiro atoms. The molecule has 0 aromatic heterocycles. The van der Waals surface area contributed by atoms with Gasteiger partial charge in [0.25, 0.3) is 11.8 Å². The van der Waals surface area contributed by atoms with E-state index >= 15 is 4.39 Å². The lowest BCUT2D eigenvalue weighted by Gasteiger charge is -2.22. The van der Waals surface area contributed by atoms with E-state index in [0.717, 1.165) is 29.0 Å². The molecule has 0 aliphatic carbocycles. The van der Waals surface area contributed by atoms with Crippen molar-refractivity contribution in [2.45, 2.75) is 24.8 Å². The first-order valence-electron chi connectivity index (χ1n) is 12.1. The maximum Gasteiger partial charge on any atom is 0.254 e. The molecular weight excluding hydrogens is 511 g/mol. The van der Waals surface area contributed by atoms with Gasteiger partial charge in [0.05, 0.1) is 19.2 Å². The Labute approximate surface area is 221 Å². The van der Waals surface area contributed by atoms with E-state index in [4.69, 9.17) is 9.47 Å². The monoisotopic (exact) mass is 540 g/mol. The van der Waals surface area contributed by atoms with Crippen molar-refractivity contribution < 1.29 is 31.9 Å². The molecule has 4 rings (SSSR count). The highest BCUT2D eigenvalue weighted by molar-refractivity contribution is 7.90. The van der Waals surface area contributed by atoms with Crippen LogP contribution in [-0.4, -0.2) is 58.7 Å². The minimum atomic E-state index is -3.78. The summed E-state index contributed by atoms with van der Waals surface area (Å²) in [5, 5.41) is 2.59. The van der Waals surface area contributed by atoms with Gasteiger partial charge in [0.15, 0.2) is 9.84 Å². The van der Waals surface area contributed by atoms with Crippen molar-refractivity contribution in [3.63, 3.8) is 0 Å². The van der Waals surface area contributed by atoms with Crippen LogP contribution in [0.1, 0.15) is 38.8 Å². The Morgan fingerprint density at radius 1 is 1.08 bits per heavy atom. The number of amides is 2. The Kier molecular flexibility index (Phi) is 7.73. The lowest BCUT2D eigenvalue weighted by atomic mass is 9.99. The van der Waals surface area contributed by atoms with Crippen LogP contribution in [-0.2, 0) is 22.8 Å². The number of nitrogens with zero attached hydrogens (tertiary/aromatic N) is 1. The second-order valence-electron chi connectivity index (χ2n) is 8.92. The Morgan fingerprint density at radius 3 is 2.42 bits per heavy atom. The minimum Gasteiger partial charge on any atom is -0.496 e. The maximum atomic E-state index is 15.1. The number of carbonyl (C=O) groups is 2. The third-order valence-electron chi connectivity index (χ3n) is 6.53. The lowest BCUT2D eigenvalue weighted by molar-refractivity contribution is 0.0731. The molecule has 1 aliphatic rings. The van der Waals surface area contributed by atoms with Gasteiger partial charge in [0.1, 0.15) is 28.8 Å². The quantitative estimate of drug-likeness (QED) is 0.510. The molecule has 0 fully saturated rings. The summed E-state index contributed by atoms with van der Waals surface area (Å²) >= 11 is 0. The van der Waals surface area contributed by atoms with Crippen molar-refractivity contribution in [1.29, 1.82) is 0 Å². The Bertz CT molecular complexity index is 1520. The van der Waals surface area contributed by atoms with Crippen LogP contribution in [0.4, 0.5) is 4.39 Å². The fourth-order valence-electron chi connectivity index (χ4n) is 4.54. The van der Waals surface area contributed by atoms with E-state index in [-0.39, 0.29) is 43.2 Å².